The molecule has 0 aliphatic carbocycles. The van der Waals surface area contributed by atoms with Crippen molar-refractivity contribution >= 4 is 29.1 Å². The third-order valence-electron chi connectivity index (χ3n) is 4.52. The zero-order valence-corrected chi connectivity index (χ0v) is 18.4. The van der Waals surface area contributed by atoms with Crippen molar-refractivity contribution < 1.29 is 13.6 Å². The van der Waals surface area contributed by atoms with Gasteiger partial charge in [0.1, 0.15) is 23.7 Å². The lowest BCUT2D eigenvalue weighted by molar-refractivity contribution is -0.121. The SMILES string of the molecule is CC(Cn1ccc(-c2cc(F)c(C#N)c(Cl)c2)n1)NC(=O)Cc1coc([C@H](C)CCl)n1. The van der Waals surface area contributed by atoms with E-state index >= 15 is 0 Å². The van der Waals surface area contributed by atoms with E-state index in [1.165, 1.54) is 18.4 Å². The molecule has 0 saturated carbocycles. The molecule has 0 radical (unpaired) electrons. The highest BCUT2D eigenvalue weighted by molar-refractivity contribution is 6.32. The molecule has 0 spiro atoms. The van der Waals surface area contributed by atoms with Gasteiger partial charge in [0.2, 0.25) is 5.91 Å². The van der Waals surface area contributed by atoms with E-state index in [0.717, 1.165) is 0 Å². The number of carbonyl (C=O) groups is 1. The molecular formula is C21H20Cl2FN5O2. The minimum absolute atomic E-state index is 0.0223. The molecule has 1 N–H and O–H groups in total. The van der Waals surface area contributed by atoms with Crippen LogP contribution in [0.4, 0.5) is 4.39 Å². The molecule has 2 aromatic heterocycles. The van der Waals surface area contributed by atoms with Gasteiger partial charge < -0.3 is 9.73 Å². The minimum atomic E-state index is -0.698. The number of nitrogens with zero attached hydrogens (tertiary/aromatic N) is 4. The lowest BCUT2D eigenvalue weighted by Crippen LogP contribution is -2.36. The summed E-state index contributed by atoms with van der Waals surface area (Å²) in [5.74, 6) is -0.0212. The molecule has 31 heavy (non-hydrogen) atoms. The van der Waals surface area contributed by atoms with Crippen LogP contribution in [0.2, 0.25) is 5.02 Å². The first kappa shape index (κ1) is 22.8. The molecule has 0 bridgehead atoms. The van der Waals surface area contributed by atoms with Crippen molar-refractivity contribution in [3.63, 3.8) is 0 Å². The van der Waals surface area contributed by atoms with Gasteiger partial charge in [0.15, 0.2) is 5.89 Å². The highest BCUT2D eigenvalue weighted by Gasteiger charge is 2.16. The minimum Gasteiger partial charge on any atom is -0.448 e. The number of aromatic nitrogens is 3. The number of carbonyl (C=O) groups excluding carboxylic acids is 1. The van der Waals surface area contributed by atoms with Crippen molar-refractivity contribution in [1.82, 2.24) is 20.1 Å². The van der Waals surface area contributed by atoms with Gasteiger partial charge >= 0.3 is 0 Å². The molecule has 2 atom stereocenters. The van der Waals surface area contributed by atoms with Crippen LogP contribution < -0.4 is 5.32 Å². The second kappa shape index (κ2) is 9.94. The van der Waals surface area contributed by atoms with E-state index in [4.69, 9.17) is 32.9 Å². The van der Waals surface area contributed by atoms with Crippen LogP contribution in [0.25, 0.3) is 11.3 Å². The summed E-state index contributed by atoms with van der Waals surface area (Å²) >= 11 is 11.8. The first-order valence-electron chi connectivity index (χ1n) is 9.53. The predicted molar refractivity (Wildman–Crippen MR) is 114 cm³/mol. The predicted octanol–water partition coefficient (Wildman–Crippen LogP) is 4.29. The van der Waals surface area contributed by atoms with E-state index in [0.29, 0.717) is 35.3 Å². The first-order chi connectivity index (χ1) is 14.8. The molecule has 1 aromatic carbocycles. The van der Waals surface area contributed by atoms with Gasteiger partial charge in [0.25, 0.3) is 0 Å². The molecule has 10 heteroatoms. The molecule has 3 aromatic rings. The number of hydrogen-bond donors (Lipinski definition) is 1. The Morgan fingerprint density at radius 1 is 1.42 bits per heavy atom. The summed E-state index contributed by atoms with van der Waals surface area (Å²) in [6.45, 7) is 4.15. The van der Waals surface area contributed by atoms with Crippen LogP contribution in [-0.4, -0.2) is 32.6 Å². The molecule has 0 aliphatic heterocycles. The monoisotopic (exact) mass is 463 g/mol. The summed E-state index contributed by atoms with van der Waals surface area (Å²) in [6, 6.07) is 5.95. The molecule has 7 nitrogen and oxygen atoms in total. The first-order valence-corrected chi connectivity index (χ1v) is 10.4. The van der Waals surface area contributed by atoms with Crippen molar-refractivity contribution in [3.8, 4) is 17.3 Å². The fourth-order valence-corrected chi connectivity index (χ4v) is 3.34. The second-order valence-electron chi connectivity index (χ2n) is 7.23. The van der Waals surface area contributed by atoms with Gasteiger partial charge in [-0.2, -0.15) is 10.4 Å². The molecule has 3 rings (SSSR count). The third kappa shape index (κ3) is 5.63. The van der Waals surface area contributed by atoms with Gasteiger partial charge in [-0.3, -0.25) is 9.48 Å². The molecule has 0 aliphatic rings. The van der Waals surface area contributed by atoms with Crippen LogP contribution in [0, 0.1) is 17.1 Å². The standard InChI is InChI=1S/C21H20Cl2FN5O2/c1-12(8-22)21-27-15(11-31-21)7-20(30)26-13(2)10-29-4-3-19(28-29)14-5-17(23)16(9-25)18(24)6-14/h3-6,11-13H,7-8,10H2,1-2H3,(H,26,30)/t12-,13?/m1/s1. The lowest BCUT2D eigenvalue weighted by Gasteiger charge is -2.13. The summed E-state index contributed by atoms with van der Waals surface area (Å²) in [5.41, 5.74) is 1.31. The van der Waals surface area contributed by atoms with Crippen LogP contribution in [0.3, 0.4) is 0 Å². The Hall–Kier alpha value is -2.89. The second-order valence-corrected chi connectivity index (χ2v) is 7.94. The number of rotatable bonds is 8. The number of alkyl halides is 1. The number of oxazole rings is 1. The number of hydrogen-bond acceptors (Lipinski definition) is 5. The Morgan fingerprint density at radius 2 is 2.19 bits per heavy atom. The van der Waals surface area contributed by atoms with Gasteiger partial charge in [-0.15, -0.1) is 11.6 Å². The number of nitrogens with one attached hydrogen (secondary N) is 1. The van der Waals surface area contributed by atoms with Crippen molar-refractivity contribution in [2.24, 2.45) is 0 Å². The molecule has 2 heterocycles. The van der Waals surface area contributed by atoms with Gasteiger partial charge in [-0.25, -0.2) is 9.37 Å². The fraction of sp³-hybridized carbons (Fsp3) is 0.333. The van der Waals surface area contributed by atoms with Crippen LogP contribution in [0.5, 0.6) is 0 Å². The fourth-order valence-electron chi connectivity index (χ4n) is 2.96. The Bertz CT molecular complexity index is 1100. The summed E-state index contributed by atoms with van der Waals surface area (Å²) in [5, 5.41) is 16.2. The summed E-state index contributed by atoms with van der Waals surface area (Å²) in [7, 11) is 0. The topological polar surface area (TPSA) is 96.7 Å². The van der Waals surface area contributed by atoms with E-state index in [2.05, 4.69) is 15.4 Å². The number of amides is 1. The van der Waals surface area contributed by atoms with Crippen molar-refractivity contribution in [2.75, 3.05) is 5.88 Å². The van der Waals surface area contributed by atoms with Crippen molar-refractivity contribution in [3.05, 3.63) is 58.6 Å². The Kier molecular flexibility index (Phi) is 7.31. The van der Waals surface area contributed by atoms with E-state index in [-0.39, 0.29) is 34.9 Å². The average molecular weight is 464 g/mol. The smallest absolute Gasteiger partial charge is 0.226 e. The quantitative estimate of drug-likeness (QED) is 0.502. The summed E-state index contributed by atoms with van der Waals surface area (Å²) < 4.78 is 21.0. The van der Waals surface area contributed by atoms with E-state index < -0.39 is 5.82 Å². The van der Waals surface area contributed by atoms with Crippen LogP contribution in [0.1, 0.15) is 36.9 Å². The zero-order valence-electron chi connectivity index (χ0n) is 16.9. The largest absolute Gasteiger partial charge is 0.448 e. The number of nitriles is 1. The summed E-state index contributed by atoms with van der Waals surface area (Å²) in [4.78, 5) is 16.6. The maximum atomic E-state index is 14.0. The van der Waals surface area contributed by atoms with Gasteiger partial charge in [0.05, 0.1) is 29.4 Å². The van der Waals surface area contributed by atoms with Crippen LogP contribution >= 0.6 is 23.2 Å². The molecule has 1 amide bonds. The maximum Gasteiger partial charge on any atom is 0.226 e. The molecule has 162 valence electrons. The van der Waals surface area contributed by atoms with Crippen LogP contribution in [-0.2, 0) is 17.8 Å². The highest BCUT2D eigenvalue weighted by Crippen LogP contribution is 2.26. The average Bonchev–Trinajstić information content (AvgIpc) is 3.36. The Balaban J connectivity index is 1.59. The van der Waals surface area contributed by atoms with Gasteiger partial charge in [-0.05, 0) is 25.1 Å². The summed E-state index contributed by atoms with van der Waals surface area (Å²) in [6.07, 6.45) is 3.28. The molecule has 1 unspecified atom stereocenters. The number of halogens is 3. The molecule has 0 fully saturated rings. The van der Waals surface area contributed by atoms with E-state index in [9.17, 15) is 9.18 Å². The normalized spacial score (nSPS) is 12.9. The highest BCUT2D eigenvalue weighted by atomic mass is 35.5. The Morgan fingerprint density at radius 3 is 2.87 bits per heavy atom. The Labute approximate surface area is 188 Å². The van der Waals surface area contributed by atoms with E-state index in [1.807, 2.05) is 13.8 Å². The zero-order chi connectivity index (χ0) is 22.5. The maximum absolute atomic E-state index is 14.0. The third-order valence-corrected chi connectivity index (χ3v) is 5.28. The van der Waals surface area contributed by atoms with Gasteiger partial charge in [-0.1, -0.05) is 18.5 Å². The van der Waals surface area contributed by atoms with Crippen LogP contribution in [0.15, 0.2) is 35.1 Å². The van der Waals surface area contributed by atoms with E-state index in [1.54, 1.807) is 23.0 Å². The molecule has 0 saturated heterocycles. The molecular weight excluding hydrogens is 444 g/mol. The van der Waals surface area contributed by atoms with Gasteiger partial charge in [0, 0.05) is 29.6 Å². The van der Waals surface area contributed by atoms with Crippen molar-refractivity contribution in [1.29, 1.82) is 5.26 Å². The van der Waals surface area contributed by atoms with Crippen molar-refractivity contribution in [2.45, 2.75) is 38.8 Å². The lowest BCUT2D eigenvalue weighted by atomic mass is 10.1. The number of benzene rings is 1.